The first-order chi connectivity index (χ1) is 6.90. The first-order valence-electron chi connectivity index (χ1n) is 4.70. The van der Waals surface area contributed by atoms with Gasteiger partial charge in [-0.2, -0.15) is 0 Å². The number of rotatable bonds is 3. The highest BCUT2D eigenvalue weighted by molar-refractivity contribution is 5.30. The van der Waals surface area contributed by atoms with Crippen molar-refractivity contribution in [2.75, 3.05) is 13.1 Å². The molecule has 0 amide bonds. The van der Waals surface area contributed by atoms with Crippen molar-refractivity contribution in [1.29, 1.82) is 0 Å². The fourth-order valence-electron chi connectivity index (χ4n) is 1.79. The minimum absolute atomic E-state index is 0.560. The van der Waals surface area contributed by atoms with Crippen LogP contribution in [-0.2, 0) is 13.1 Å². The zero-order valence-corrected chi connectivity index (χ0v) is 7.93. The van der Waals surface area contributed by atoms with Gasteiger partial charge in [0.15, 0.2) is 0 Å². The molecule has 4 nitrogen and oxygen atoms in total. The lowest BCUT2D eigenvalue weighted by atomic mass is 10.1. The summed E-state index contributed by atoms with van der Waals surface area (Å²) in [5.41, 5.74) is 10.9. The van der Waals surface area contributed by atoms with Gasteiger partial charge in [0.1, 0.15) is 0 Å². The lowest BCUT2D eigenvalue weighted by Gasteiger charge is -2.11. The summed E-state index contributed by atoms with van der Waals surface area (Å²) in [6.07, 6.45) is 0. The predicted molar refractivity (Wildman–Crippen MR) is 54.6 cm³/mol. The van der Waals surface area contributed by atoms with Crippen LogP contribution in [0.1, 0.15) is 11.1 Å². The number of azide groups is 1. The van der Waals surface area contributed by atoms with Crippen molar-refractivity contribution < 1.29 is 0 Å². The maximum atomic E-state index is 8.15. The molecular weight excluding hydrogens is 176 g/mol. The zero-order valence-electron chi connectivity index (χ0n) is 7.93. The summed E-state index contributed by atoms with van der Waals surface area (Å²) in [5.74, 6) is 0. The van der Waals surface area contributed by atoms with Crippen molar-refractivity contribution in [2.45, 2.75) is 13.1 Å². The lowest BCUT2D eigenvalue weighted by Crippen LogP contribution is -2.19. The van der Waals surface area contributed by atoms with Gasteiger partial charge >= 0.3 is 0 Å². The van der Waals surface area contributed by atoms with E-state index in [1.807, 2.05) is 0 Å². The lowest BCUT2D eigenvalue weighted by molar-refractivity contribution is 0.293. The summed E-state index contributed by atoms with van der Waals surface area (Å²) in [5, 5.41) is 3.54. The van der Waals surface area contributed by atoms with Crippen molar-refractivity contribution in [3.05, 3.63) is 45.8 Å². The van der Waals surface area contributed by atoms with Crippen LogP contribution in [0.15, 0.2) is 29.4 Å². The third-order valence-electron chi connectivity index (χ3n) is 2.49. The maximum Gasteiger partial charge on any atom is 0.0386 e. The van der Waals surface area contributed by atoms with E-state index in [-0.39, 0.29) is 0 Å². The monoisotopic (exact) mass is 188 g/mol. The van der Waals surface area contributed by atoms with E-state index in [1.54, 1.807) is 0 Å². The highest BCUT2D eigenvalue weighted by Crippen LogP contribution is 2.21. The molecule has 0 atom stereocenters. The fourth-order valence-corrected chi connectivity index (χ4v) is 1.79. The van der Waals surface area contributed by atoms with Crippen molar-refractivity contribution in [3.8, 4) is 0 Å². The second kappa shape index (κ2) is 4.13. The number of nitrogens with zero attached hydrogens (tertiary/aromatic N) is 4. The first kappa shape index (κ1) is 9.06. The maximum absolute atomic E-state index is 8.15. The molecule has 0 radical (unpaired) electrons. The Morgan fingerprint density at radius 1 is 1.29 bits per heavy atom. The van der Waals surface area contributed by atoms with Gasteiger partial charge < -0.3 is 0 Å². The molecule has 1 aliphatic heterocycles. The number of hydrogen-bond donors (Lipinski definition) is 0. The van der Waals surface area contributed by atoms with Crippen molar-refractivity contribution >= 4 is 0 Å². The van der Waals surface area contributed by atoms with Crippen LogP contribution in [0.25, 0.3) is 10.4 Å². The molecular formula is C10H12N4. The SMILES string of the molecule is [N-]=[N+]=NCCN1Cc2ccccc2C1. The van der Waals surface area contributed by atoms with E-state index < -0.39 is 0 Å². The van der Waals surface area contributed by atoms with Crippen molar-refractivity contribution in [3.63, 3.8) is 0 Å². The second-order valence-electron chi connectivity index (χ2n) is 3.43. The van der Waals surface area contributed by atoms with Crippen LogP contribution in [0.4, 0.5) is 0 Å². The minimum Gasteiger partial charge on any atom is -0.295 e. The van der Waals surface area contributed by atoms with E-state index in [0.29, 0.717) is 6.54 Å². The molecule has 2 rings (SSSR count). The van der Waals surface area contributed by atoms with E-state index in [2.05, 4.69) is 39.2 Å². The molecule has 1 heterocycles. The Kier molecular flexibility index (Phi) is 2.68. The molecule has 0 saturated carbocycles. The Balaban J connectivity index is 1.94. The van der Waals surface area contributed by atoms with Gasteiger partial charge in [0.25, 0.3) is 0 Å². The Bertz CT molecular complexity index is 343. The summed E-state index contributed by atoms with van der Waals surface area (Å²) >= 11 is 0. The second-order valence-corrected chi connectivity index (χ2v) is 3.43. The molecule has 1 aliphatic rings. The summed E-state index contributed by atoms with van der Waals surface area (Å²) in [6.45, 7) is 3.37. The number of fused-ring (bicyclic) bond motifs is 1. The Hall–Kier alpha value is -1.51. The molecule has 0 saturated heterocycles. The standard InChI is InChI=1S/C10H12N4/c11-13-12-5-6-14-7-9-3-1-2-4-10(9)8-14/h1-4H,5-8H2. The van der Waals surface area contributed by atoms with Gasteiger partial charge in [-0.3, -0.25) is 4.90 Å². The highest BCUT2D eigenvalue weighted by Gasteiger charge is 2.16. The fraction of sp³-hybridized carbons (Fsp3) is 0.400. The molecule has 0 unspecified atom stereocenters. The number of benzene rings is 1. The summed E-state index contributed by atoms with van der Waals surface area (Å²) < 4.78 is 0. The molecule has 0 spiro atoms. The van der Waals surface area contributed by atoms with E-state index in [1.165, 1.54) is 11.1 Å². The van der Waals surface area contributed by atoms with E-state index in [0.717, 1.165) is 19.6 Å². The van der Waals surface area contributed by atoms with Crippen LogP contribution >= 0.6 is 0 Å². The molecule has 0 fully saturated rings. The average Bonchev–Trinajstić information content (AvgIpc) is 2.60. The van der Waals surface area contributed by atoms with Gasteiger partial charge in [0.2, 0.25) is 0 Å². The molecule has 14 heavy (non-hydrogen) atoms. The highest BCUT2D eigenvalue weighted by atomic mass is 15.2. The molecule has 0 N–H and O–H groups in total. The van der Waals surface area contributed by atoms with E-state index in [4.69, 9.17) is 5.53 Å². The topological polar surface area (TPSA) is 52.0 Å². The Labute approximate surface area is 82.8 Å². The predicted octanol–water partition coefficient (Wildman–Crippen LogP) is 2.31. The van der Waals surface area contributed by atoms with Gasteiger partial charge in [0, 0.05) is 31.1 Å². The average molecular weight is 188 g/mol. The molecule has 4 heteroatoms. The van der Waals surface area contributed by atoms with Crippen LogP contribution in [0, 0.1) is 0 Å². The normalized spacial score (nSPS) is 14.9. The first-order valence-corrected chi connectivity index (χ1v) is 4.70. The molecule has 0 aromatic heterocycles. The summed E-state index contributed by atoms with van der Waals surface area (Å²) in [7, 11) is 0. The molecule has 0 aliphatic carbocycles. The van der Waals surface area contributed by atoms with Gasteiger partial charge in [-0.05, 0) is 16.7 Å². The van der Waals surface area contributed by atoms with Gasteiger partial charge in [-0.15, -0.1) is 0 Å². The molecule has 0 bridgehead atoms. The third kappa shape index (κ3) is 1.87. The van der Waals surface area contributed by atoms with Crippen molar-refractivity contribution in [1.82, 2.24) is 4.90 Å². The largest absolute Gasteiger partial charge is 0.295 e. The molecule has 1 aromatic carbocycles. The molecule has 1 aromatic rings. The van der Waals surface area contributed by atoms with E-state index in [9.17, 15) is 0 Å². The number of hydrogen-bond acceptors (Lipinski definition) is 2. The smallest absolute Gasteiger partial charge is 0.0386 e. The van der Waals surface area contributed by atoms with Crippen LogP contribution in [-0.4, -0.2) is 18.0 Å². The summed E-state index contributed by atoms with van der Waals surface area (Å²) in [6, 6.07) is 8.44. The van der Waals surface area contributed by atoms with Crippen LogP contribution in [0.3, 0.4) is 0 Å². The van der Waals surface area contributed by atoms with Crippen LogP contribution in [0.2, 0.25) is 0 Å². The van der Waals surface area contributed by atoms with Crippen molar-refractivity contribution in [2.24, 2.45) is 5.11 Å². The van der Waals surface area contributed by atoms with E-state index >= 15 is 0 Å². The molecule has 72 valence electrons. The quantitative estimate of drug-likeness (QED) is 0.408. The Morgan fingerprint density at radius 2 is 1.93 bits per heavy atom. The Morgan fingerprint density at radius 3 is 2.50 bits per heavy atom. The van der Waals surface area contributed by atoms with Crippen LogP contribution < -0.4 is 0 Å². The van der Waals surface area contributed by atoms with Crippen LogP contribution in [0.5, 0.6) is 0 Å². The zero-order chi connectivity index (χ0) is 9.80. The summed E-state index contributed by atoms with van der Waals surface area (Å²) in [4.78, 5) is 5.04. The van der Waals surface area contributed by atoms with Gasteiger partial charge in [0.05, 0.1) is 0 Å². The van der Waals surface area contributed by atoms with Gasteiger partial charge in [-0.25, -0.2) is 0 Å². The van der Waals surface area contributed by atoms with Gasteiger partial charge in [-0.1, -0.05) is 29.4 Å². The third-order valence-corrected chi connectivity index (χ3v) is 2.49. The minimum atomic E-state index is 0.560.